The van der Waals surface area contributed by atoms with Crippen LogP contribution in [0.5, 0.6) is 0 Å². The average Bonchev–Trinajstić information content (AvgIpc) is 2.80. The molecule has 0 atom stereocenters. The van der Waals surface area contributed by atoms with Gasteiger partial charge in [-0.05, 0) is 39.8 Å². The lowest BCUT2D eigenvalue weighted by Crippen LogP contribution is -2.57. The van der Waals surface area contributed by atoms with Gasteiger partial charge in [0.05, 0.1) is 0 Å². The van der Waals surface area contributed by atoms with E-state index in [9.17, 15) is 4.79 Å². The molecule has 6 nitrogen and oxygen atoms in total. The summed E-state index contributed by atoms with van der Waals surface area (Å²) < 4.78 is 2.02. The molecule has 1 amide bonds. The van der Waals surface area contributed by atoms with E-state index in [4.69, 9.17) is 0 Å². The number of imidazole rings is 1. The first-order valence-corrected chi connectivity index (χ1v) is 7.37. The largest absolute Gasteiger partial charge is 0.356 e. The third-order valence-corrected chi connectivity index (χ3v) is 4.68. The summed E-state index contributed by atoms with van der Waals surface area (Å²) in [6.07, 6.45) is 6.48. The Morgan fingerprint density at radius 3 is 2.90 bits per heavy atom. The van der Waals surface area contributed by atoms with E-state index in [0.717, 1.165) is 38.3 Å². The number of carbonyl (C=O) groups is 1. The molecule has 2 N–H and O–H groups in total. The number of hydrogen-bond acceptors (Lipinski definition) is 4. The van der Waals surface area contributed by atoms with Gasteiger partial charge >= 0.3 is 0 Å². The topological polar surface area (TPSA) is 62.2 Å². The molecule has 3 rings (SSSR count). The van der Waals surface area contributed by atoms with E-state index in [2.05, 4.69) is 34.6 Å². The first kappa shape index (κ1) is 13.4. The third kappa shape index (κ3) is 2.28. The molecule has 1 aliphatic heterocycles. The minimum absolute atomic E-state index is 0.0678. The zero-order chi connectivity index (χ0) is 14.2. The smallest absolute Gasteiger partial charge is 0.271 e. The molecule has 0 saturated heterocycles. The van der Waals surface area contributed by atoms with E-state index in [1.165, 1.54) is 6.42 Å². The van der Waals surface area contributed by atoms with Crippen LogP contribution in [0.25, 0.3) is 0 Å². The molecule has 110 valence electrons. The first-order chi connectivity index (χ1) is 9.61. The molecule has 0 unspecified atom stereocenters. The standard InChI is InChI=1S/C14H23N5O/c1-18(2)14(5-3-6-14)10-16-12(20)11-9-19-8-4-7-15-13(19)17-11/h9H,3-8,10H2,1-2H3,(H,15,17)(H,16,20). The van der Waals surface area contributed by atoms with Crippen molar-refractivity contribution in [3.8, 4) is 0 Å². The number of aromatic nitrogens is 2. The molecule has 1 aromatic rings. The van der Waals surface area contributed by atoms with Gasteiger partial charge in [-0.15, -0.1) is 0 Å². The van der Waals surface area contributed by atoms with Crippen LogP contribution >= 0.6 is 0 Å². The number of likely N-dealkylation sites (N-methyl/N-ethyl adjacent to an activating group) is 1. The van der Waals surface area contributed by atoms with Crippen LogP contribution in [0.2, 0.25) is 0 Å². The number of carbonyl (C=O) groups excluding carboxylic acids is 1. The van der Waals surface area contributed by atoms with Crippen LogP contribution in [0.1, 0.15) is 36.2 Å². The Kier molecular flexibility index (Phi) is 3.41. The Labute approximate surface area is 119 Å². The number of rotatable bonds is 4. The van der Waals surface area contributed by atoms with Crippen LogP contribution in [-0.4, -0.2) is 53.1 Å². The van der Waals surface area contributed by atoms with Crippen molar-refractivity contribution >= 4 is 11.9 Å². The van der Waals surface area contributed by atoms with E-state index in [1.807, 2.05) is 10.8 Å². The molecule has 0 bridgehead atoms. The summed E-state index contributed by atoms with van der Waals surface area (Å²) in [7, 11) is 4.18. The highest BCUT2D eigenvalue weighted by Gasteiger charge is 2.39. The number of aryl methyl sites for hydroxylation is 1. The molecule has 0 aromatic carbocycles. The molecule has 0 radical (unpaired) electrons. The number of hydrogen-bond donors (Lipinski definition) is 2. The van der Waals surface area contributed by atoms with Crippen LogP contribution in [0.4, 0.5) is 5.95 Å². The Morgan fingerprint density at radius 1 is 1.50 bits per heavy atom. The Hall–Kier alpha value is -1.56. The van der Waals surface area contributed by atoms with Gasteiger partial charge in [-0.2, -0.15) is 0 Å². The quantitative estimate of drug-likeness (QED) is 0.859. The lowest BCUT2D eigenvalue weighted by atomic mass is 9.75. The van der Waals surface area contributed by atoms with Crippen molar-refractivity contribution in [2.45, 2.75) is 37.8 Å². The molecule has 1 saturated carbocycles. The molecule has 0 spiro atoms. The molecule has 1 aromatic heterocycles. The minimum atomic E-state index is -0.0678. The second-order valence-corrected chi connectivity index (χ2v) is 6.08. The second-order valence-electron chi connectivity index (χ2n) is 6.08. The lowest BCUT2D eigenvalue weighted by Gasteiger charge is -2.47. The molecular formula is C14H23N5O. The van der Waals surface area contributed by atoms with E-state index in [-0.39, 0.29) is 11.4 Å². The number of nitrogens with zero attached hydrogens (tertiary/aromatic N) is 3. The van der Waals surface area contributed by atoms with Crippen molar-refractivity contribution in [1.29, 1.82) is 0 Å². The molecule has 6 heteroatoms. The highest BCUT2D eigenvalue weighted by atomic mass is 16.1. The van der Waals surface area contributed by atoms with Crippen LogP contribution in [0, 0.1) is 0 Å². The summed E-state index contributed by atoms with van der Waals surface area (Å²) >= 11 is 0. The maximum atomic E-state index is 12.2. The molecule has 1 aliphatic carbocycles. The van der Waals surface area contributed by atoms with Crippen LogP contribution < -0.4 is 10.6 Å². The zero-order valence-corrected chi connectivity index (χ0v) is 12.3. The highest BCUT2D eigenvalue weighted by molar-refractivity contribution is 5.92. The Balaban J connectivity index is 1.63. The van der Waals surface area contributed by atoms with Crippen LogP contribution in [0.15, 0.2) is 6.20 Å². The molecule has 2 aliphatic rings. The van der Waals surface area contributed by atoms with Gasteiger partial charge < -0.3 is 20.1 Å². The van der Waals surface area contributed by atoms with Gasteiger partial charge in [0, 0.05) is 31.4 Å². The van der Waals surface area contributed by atoms with Crippen molar-refractivity contribution in [2.75, 3.05) is 32.5 Å². The van der Waals surface area contributed by atoms with Crippen molar-refractivity contribution in [1.82, 2.24) is 19.8 Å². The van der Waals surface area contributed by atoms with Crippen molar-refractivity contribution in [3.63, 3.8) is 0 Å². The molecule has 2 heterocycles. The summed E-state index contributed by atoms with van der Waals surface area (Å²) in [5.41, 5.74) is 0.662. The van der Waals surface area contributed by atoms with Gasteiger partial charge in [-0.3, -0.25) is 4.79 Å². The summed E-state index contributed by atoms with van der Waals surface area (Å²) in [6.45, 7) is 2.57. The van der Waals surface area contributed by atoms with E-state index >= 15 is 0 Å². The first-order valence-electron chi connectivity index (χ1n) is 7.37. The van der Waals surface area contributed by atoms with Gasteiger partial charge in [-0.1, -0.05) is 0 Å². The number of anilines is 1. The minimum Gasteiger partial charge on any atom is -0.356 e. The van der Waals surface area contributed by atoms with Crippen LogP contribution in [-0.2, 0) is 6.54 Å². The van der Waals surface area contributed by atoms with Crippen molar-refractivity contribution in [2.24, 2.45) is 0 Å². The number of amides is 1. The molecular weight excluding hydrogens is 254 g/mol. The summed E-state index contributed by atoms with van der Waals surface area (Å²) in [6, 6.07) is 0. The SMILES string of the molecule is CN(C)C1(CNC(=O)c2cn3c(n2)NCCC3)CCC1. The van der Waals surface area contributed by atoms with Crippen LogP contribution in [0.3, 0.4) is 0 Å². The number of fused-ring (bicyclic) bond motifs is 1. The second kappa shape index (κ2) is 5.09. The van der Waals surface area contributed by atoms with Gasteiger partial charge in [0.1, 0.15) is 5.69 Å². The molecule has 20 heavy (non-hydrogen) atoms. The fraction of sp³-hybridized carbons (Fsp3) is 0.714. The summed E-state index contributed by atoms with van der Waals surface area (Å²) in [5, 5.41) is 6.26. The predicted octanol–water partition coefficient (Wildman–Crippen LogP) is 0.913. The van der Waals surface area contributed by atoms with E-state index < -0.39 is 0 Å². The zero-order valence-electron chi connectivity index (χ0n) is 12.3. The summed E-state index contributed by atoms with van der Waals surface area (Å²) in [5.74, 6) is 0.745. The monoisotopic (exact) mass is 277 g/mol. The Bertz CT molecular complexity index is 480. The van der Waals surface area contributed by atoms with E-state index in [1.54, 1.807) is 0 Å². The third-order valence-electron chi connectivity index (χ3n) is 4.68. The highest BCUT2D eigenvalue weighted by Crippen LogP contribution is 2.35. The Morgan fingerprint density at radius 2 is 2.30 bits per heavy atom. The van der Waals surface area contributed by atoms with E-state index in [0.29, 0.717) is 12.2 Å². The fourth-order valence-electron chi connectivity index (χ4n) is 2.99. The van der Waals surface area contributed by atoms with Gasteiger partial charge in [-0.25, -0.2) is 4.98 Å². The average molecular weight is 277 g/mol. The maximum absolute atomic E-state index is 12.2. The summed E-state index contributed by atoms with van der Waals surface area (Å²) in [4.78, 5) is 18.8. The lowest BCUT2D eigenvalue weighted by molar-refractivity contribution is 0.0556. The maximum Gasteiger partial charge on any atom is 0.271 e. The van der Waals surface area contributed by atoms with Gasteiger partial charge in [0.15, 0.2) is 0 Å². The predicted molar refractivity (Wildman–Crippen MR) is 77.9 cm³/mol. The van der Waals surface area contributed by atoms with Crippen molar-refractivity contribution < 1.29 is 4.79 Å². The fourth-order valence-corrected chi connectivity index (χ4v) is 2.99. The van der Waals surface area contributed by atoms with Crippen molar-refractivity contribution in [3.05, 3.63) is 11.9 Å². The van der Waals surface area contributed by atoms with Gasteiger partial charge in [0.25, 0.3) is 5.91 Å². The number of nitrogens with one attached hydrogen (secondary N) is 2. The normalized spacial score (nSPS) is 19.9. The van der Waals surface area contributed by atoms with Gasteiger partial charge in [0.2, 0.25) is 5.95 Å². The molecule has 1 fully saturated rings.